The number of hydrogen-bond donors (Lipinski definition) is 2. The average molecular weight is 340 g/mol. The van der Waals surface area contributed by atoms with Crippen LogP contribution in [0.5, 0.6) is 0 Å². The molecule has 1 amide bonds. The molecular weight excluding hydrogens is 323 g/mol. The Morgan fingerprint density at radius 1 is 1.50 bits per heavy atom. The monoisotopic (exact) mass is 338 g/mol. The Labute approximate surface area is 134 Å². The van der Waals surface area contributed by atoms with Crippen molar-refractivity contribution in [1.82, 2.24) is 10.6 Å². The van der Waals surface area contributed by atoms with Crippen molar-refractivity contribution in [3.8, 4) is 0 Å². The van der Waals surface area contributed by atoms with Crippen molar-refractivity contribution in [3.05, 3.63) is 33.8 Å². The van der Waals surface area contributed by atoms with E-state index in [4.69, 9.17) is 27.9 Å². The molecular formula is C13H17Cl3N2O2. The van der Waals surface area contributed by atoms with Crippen LogP contribution in [-0.2, 0) is 9.53 Å². The molecule has 2 atom stereocenters. The molecule has 2 unspecified atom stereocenters. The second-order valence-electron chi connectivity index (χ2n) is 4.44. The molecule has 1 heterocycles. The molecule has 0 bridgehead atoms. The smallest absolute Gasteiger partial charge is 0.250 e. The second kappa shape index (κ2) is 8.05. The third kappa shape index (κ3) is 4.24. The highest BCUT2D eigenvalue weighted by atomic mass is 35.5. The zero-order valence-electron chi connectivity index (χ0n) is 11.0. The van der Waals surface area contributed by atoms with Gasteiger partial charge in [-0.2, -0.15) is 0 Å². The van der Waals surface area contributed by atoms with Crippen LogP contribution in [0.25, 0.3) is 0 Å². The fourth-order valence-corrected chi connectivity index (χ4v) is 2.44. The molecule has 1 aliphatic heterocycles. The predicted octanol–water partition coefficient (Wildman–Crippen LogP) is 2.58. The summed E-state index contributed by atoms with van der Waals surface area (Å²) in [6.45, 7) is 3.72. The SMILES string of the molecule is CC(NC(=O)C1CNCCO1)c1cccc(Cl)c1Cl.Cl. The van der Waals surface area contributed by atoms with Crippen molar-refractivity contribution in [2.24, 2.45) is 0 Å². The highest BCUT2D eigenvalue weighted by Crippen LogP contribution is 2.29. The molecule has 2 rings (SSSR count). The van der Waals surface area contributed by atoms with Gasteiger partial charge in [0, 0.05) is 13.1 Å². The van der Waals surface area contributed by atoms with Crippen molar-refractivity contribution >= 4 is 41.5 Å². The Morgan fingerprint density at radius 2 is 2.25 bits per heavy atom. The molecule has 1 fully saturated rings. The molecule has 4 nitrogen and oxygen atoms in total. The van der Waals surface area contributed by atoms with Crippen LogP contribution >= 0.6 is 35.6 Å². The zero-order chi connectivity index (χ0) is 13.8. The van der Waals surface area contributed by atoms with Crippen molar-refractivity contribution in [1.29, 1.82) is 0 Å². The van der Waals surface area contributed by atoms with E-state index < -0.39 is 6.10 Å². The molecule has 0 spiro atoms. The third-order valence-electron chi connectivity index (χ3n) is 3.03. The first-order valence-corrected chi connectivity index (χ1v) is 6.92. The molecule has 1 aliphatic rings. The minimum atomic E-state index is -0.450. The molecule has 2 N–H and O–H groups in total. The second-order valence-corrected chi connectivity index (χ2v) is 5.22. The van der Waals surface area contributed by atoms with Gasteiger partial charge >= 0.3 is 0 Å². The topological polar surface area (TPSA) is 50.4 Å². The number of rotatable bonds is 3. The van der Waals surface area contributed by atoms with Crippen LogP contribution in [0.3, 0.4) is 0 Å². The fraction of sp³-hybridized carbons (Fsp3) is 0.462. The van der Waals surface area contributed by atoms with E-state index in [1.165, 1.54) is 0 Å². The number of carbonyl (C=O) groups excluding carboxylic acids is 1. The molecule has 0 radical (unpaired) electrons. The number of hydrogen-bond acceptors (Lipinski definition) is 3. The summed E-state index contributed by atoms with van der Waals surface area (Å²) in [4.78, 5) is 12.0. The number of benzene rings is 1. The molecule has 1 saturated heterocycles. The summed E-state index contributed by atoms with van der Waals surface area (Å²) in [6.07, 6.45) is -0.450. The summed E-state index contributed by atoms with van der Waals surface area (Å²) in [7, 11) is 0. The quantitative estimate of drug-likeness (QED) is 0.890. The summed E-state index contributed by atoms with van der Waals surface area (Å²) in [5, 5.41) is 6.96. The van der Waals surface area contributed by atoms with Gasteiger partial charge in [0.25, 0.3) is 5.91 Å². The van der Waals surface area contributed by atoms with Gasteiger partial charge < -0.3 is 15.4 Å². The largest absolute Gasteiger partial charge is 0.366 e. The first-order valence-electron chi connectivity index (χ1n) is 6.16. The Morgan fingerprint density at radius 3 is 2.90 bits per heavy atom. The van der Waals surface area contributed by atoms with Gasteiger partial charge in [0.05, 0.1) is 22.7 Å². The lowest BCUT2D eigenvalue weighted by molar-refractivity contribution is -0.134. The Balaban J connectivity index is 0.00000200. The lowest BCUT2D eigenvalue weighted by atomic mass is 10.1. The van der Waals surface area contributed by atoms with Gasteiger partial charge in [0.1, 0.15) is 6.10 Å². The van der Waals surface area contributed by atoms with Gasteiger partial charge in [-0.1, -0.05) is 35.3 Å². The van der Waals surface area contributed by atoms with Gasteiger partial charge in [0.2, 0.25) is 0 Å². The maximum atomic E-state index is 12.0. The predicted molar refractivity (Wildman–Crippen MR) is 82.9 cm³/mol. The number of amides is 1. The molecule has 7 heteroatoms. The lowest BCUT2D eigenvalue weighted by Gasteiger charge is -2.25. The van der Waals surface area contributed by atoms with Crippen molar-refractivity contribution in [3.63, 3.8) is 0 Å². The van der Waals surface area contributed by atoms with Crippen LogP contribution < -0.4 is 10.6 Å². The number of morpholine rings is 1. The van der Waals surface area contributed by atoms with Crippen LogP contribution in [0.4, 0.5) is 0 Å². The molecule has 0 aromatic heterocycles. The molecule has 112 valence electrons. The average Bonchev–Trinajstić information content (AvgIpc) is 2.42. The zero-order valence-corrected chi connectivity index (χ0v) is 13.3. The number of halogens is 3. The minimum Gasteiger partial charge on any atom is -0.366 e. The van der Waals surface area contributed by atoms with Gasteiger partial charge in [-0.25, -0.2) is 0 Å². The van der Waals surface area contributed by atoms with E-state index in [9.17, 15) is 4.79 Å². The molecule has 20 heavy (non-hydrogen) atoms. The van der Waals surface area contributed by atoms with Crippen LogP contribution in [0.1, 0.15) is 18.5 Å². The van der Waals surface area contributed by atoms with E-state index in [1.54, 1.807) is 6.07 Å². The number of ether oxygens (including phenoxy) is 1. The van der Waals surface area contributed by atoms with Gasteiger partial charge in [-0.05, 0) is 18.6 Å². The van der Waals surface area contributed by atoms with Crippen molar-refractivity contribution in [2.75, 3.05) is 19.7 Å². The van der Waals surface area contributed by atoms with Crippen LogP contribution in [0, 0.1) is 0 Å². The normalized spacial score (nSPS) is 19.9. The van der Waals surface area contributed by atoms with E-state index in [0.717, 1.165) is 12.1 Å². The fourth-order valence-electron chi connectivity index (χ4n) is 1.97. The van der Waals surface area contributed by atoms with E-state index in [0.29, 0.717) is 23.2 Å². The van der Waals surface area contributed by atoms with Gasteiger partial charge in [-0.15, -0.1) is 12.4 Å². The highest BCUT2D eigenvalue weighted by Gasteiger charge is 2.24. The van der Waals surface area contributed by atoms with Crippen LogP contribution in [0.2, 0.25) is 10.0 Å². The van der Waals surface area contributed by atoms with E-state index >= 15 is 0 Å². The Hall–Kier alpha value is -0.520. The summed E-state index contributed by atoms with van der Waals surface area (Å²) in [5.41, 5.74) is 0.797. The molecule has 1 aromatic carbocycles. The maximum absolute atomic E-state index is 12.0. The Kier molecular flexibility index (Phi) is 7.06. The summed E-state index contributed by atoms with van der Waals surface area (Å²) >= 11 is 12.1. The van der Waals surface area contributed by atoms with E-state index in [1.807, 2.05) is 19.1 Å². The number of carbonyl (C=O) groups is 1. The van der Waals surface area contributed by atoms with Crippen molar-refractivity contribution in [2.45, 2.75) is 19.1 Å². The third-order valence-corrected chi connectivity index (χ3v) is 3.86. The lowest BCUT2D eigenvalue weighted by Crippen LogP contribution is -2.48. The molecule has 0 saturated carbocycles. The van der Waals surface area contributed by atoms with Crippen molar-refractivity contribution < 1.29 is 9.53 Å². The maximum Gasteiger partial charge on any atom is 0.250 e. The highest BCUT2D eigenvalue weighted by molar-refractivity contribution is 6.42. The molecule has 1 aromatic rings. The van der Waals surface area contributed by atoms with E-state index in [-0.39, 0.29) is 24.4 Å². The standard InChI is InChI=1S/C13H16Cl2N2O2.ClH/c1-8(9-3-2-4-10(14)12(9)15)17-13(18)11-7-16-5-6-19-11;/h2-4,8,11,16H,5-7H2,1H3,(H,17,18);1H. The summed E-state index contributed by atoms with van der Waals surface area (Å²) in [5.74, 6) is -0.143. The van der Waals surface area contributed by atoms with Crippen LogP contribution in [-0.4, -0.2) is 31.7 Å². The first-order chi connectivity index (χ1) is 9.09. The van der Waals surface area contributed by atoms with Crippen LogP contribution in [0.15, 0.2) is 18.2 Å². The van der Waals surface area contributed by atoms with Gasteiger partial charge in [0.15, 0.2) is 0 Å². The first kappa shape index (κ1) is 17.5. The van der Waals surface area contributed by atoms with Gasteiger partial charge in [-0.3, -0.25) is 4.79 Å². The summed E-state index contributed by atoms with van der Waals surface area (Å²) < 4.78 is 5.40. The minimum absolute atomic E-state index is 0. The van der Waals surface area contributed by atoms with E-state index in [2.05, 4.69) is 10.6 Å². The Bertz CT molecular complexity index is 465. The summed E-state index contributed by atoms with van der Waals surface area (Å²) in [6, 6.07) is 5.16. The number of nitrogens with one attached hydrogen (secondary N) is 2. The molecule has 0 aliphatic carbocycles.